The van der Waals surface area contributed by atoms with Gasteiger partial charge in [-0.3, -0.25) is 0 Å². The Morgan fingerprint density at radius 1 is 0.900 bits per heavy atom. The number of rotatable bonds is 2. The predicted molar refractivity (Wildman–Crippen MR) is 66.2 cm³/mol. The van der Waals surface area contributed by atoms with Gasteiger partial charge in [-0.25, -0.2) is 8.78 Å². The number of halogens is 6. The maximum Gasteiger partial charge on any atom is 0.573 e. The molecule has 2 aromatic carbocycles. The fraction of sp³-hybridized carbons (Fsp3) is 0.0769. The molecule has 1 nitrogen and oxygen atoms in total. The van der Waals surface area contributed by atoms with E-state index in [1.165, 1.54) is 6.07 Å². The second kappa shape index (κ2) is 5.40. The molecule has 0 heterocycles. The molecule has 2 rings (SSSR count). The first-order chi connectivity index (χ1) is 9.28. The number of ether oxygens (including phenoxy) is 1. The zero-order chi connectivity index (χ0) is 14.9. The van der Waals surface area contributed by atoms with Gasteiger partial charge in [0.25, 0.3) is 0 Å². The zero-order valence-electron chi connectivity index (χ0n) is 9.64. The lowest BCUT2D eigenvalue weighted by molar-refractivity contribution is -0.274. The second-order valence-electron chi connectivity index (χ2n) is 3.79. The van der Waals surface area contributed by atoms with Gasteiger partial charge in [0.15, 0.2) is 0 Å². The number of benzene rings is 2. The molecule has 2 aromatic rings. The highest BCUT2D eigenvalue weighted by atomic mass is 79.9. The van der Waals surface area contributed by atoms with Gasteiger partial charge in [-0.1, -0.05) is 12.1 Å². The monoisotopic (exact) mass is 352 g/mol. The van der Waals surface area contributed by atoms with Crippen molar-refractivity contribution in [3.63, 3.8) is 0 Å². The van der Waals surface area contributed by atoms with Crippen LogP contribution < -0.4 is 4.74 Å². The fourth-order valence-electron chi connectivity index (χ4n) is 1.61. The lowest BCUT2D eigenvalue weighted by atomic mass is 10.0. The Labute approximate surface area is 119 Å². The third-order valence-electron chi connectivity index (χ3n) is 2.42. The molecule has 0 fully saturated rings. The summed E-state index contributed by atoms with van der Waals surface area (Å²) in [5.74, 6) is -2.10. The minimum Gasteiger partial charge on any atom is -0.406 e. The molecule has 0 N–H and O–H groups in total. The smallest absolute Gasteiger partial charge is 0.406 e. The van der Waals surface area contributed by atoms with Crippen LogP contribution in [0.3, 0.4) is 0 Å². The predicted octanol–water partition coefficient (Wildman–Crippen LogP) is 5.29. The van der Waals surface area contributed by atoms with Crippen LogP contribution in [0.25, 0.3) is 11.1 Å². The van der Waals surface area contributed by atoms with Crippen molar-refractivity contribution in [2.45, 2.75) is 6.36 Å². The van der Waals surface area contributed by atoms with Crippen LogP contribution in [0.1, 0.15) is 0 Å². The molecule has 0 aliphatic carbocycles. The lowest BCUT2D eigenvalue weighted by Crippen LogP contribution is -2.16. The molecule has 0 saturated carbocycles. The van der Waals surface area contributed by atoms with Crippen LogP contribution in [-0.2, 0) is 0 Å². The van der Waals surface area contributed by atoms with Crippen LogP contribution in [0.2, 0.25) is 0 Å². The molecule has 0 aromatic heterocycles. The van der Waals surface area contributed by atoms with Crippen LogP contribution in [0.4, 0.5) is 22.0 Å². The zero-order valence-corrected chi connectivity index (χ0v) is 11.2. The Balaban J connectivity index is 2.38. The highest BCUT2D eigenvalue weighted by Crippen LogP contribution is 2.32. The van der Waals surface area contributed by atoms with Crippen molar-refractivity contribution in [3.8, 4) is 16.9 Å². The number of alkyl halides is 3. The third kappa shape index (κ3) is 3.27. The molecule has 7 heteroatoms. The van der Waals surface area contributed by atoms with E-state index in [0.717, 1.165) is 30.3 Å². The van der Waals surface area contributed by atoms with Gasteiger partial charge in [0.05, 0.1) is 10.0 Å². The second-order valence-corrected chi connectivity index (χ2v) is 4.64. The van der Waals surface area contributed by atoms with Crippen molar-refractivity contribution in [2.75, 3.05) is 0 Å². The molecule has 0 unspecified atom stereocenters. The summed E-state index contributed by atoms with van der Waals surface area (Å²) in [5, 5.41) is 0. The van der Waals surface area contributed by atoms with E-state index in [1.54, 1.807) is 0 Å². The largest absolute Gasteiger partial charge is 0.573 e. The van der Waals surface area contributed by atoms with Crippen LogP contribution in [-0.4, -0.2) is 6.36 Å². The molecule has 106 valence electrons. The van der Waals surface area contributed by atoms with Gasteiger partial charge >= 0.3 is 6.36 Å². The van der Waals surface area contributed by atoms with E-state index in [-0.39, 0.29) is 15.6 Å². The molecule has 0 atom stereocenters. The minimum atomic E-state index is -4.81. The number of hydrogen-bond donors (Lipinski definition) is 0. The van der Waals surface area contributed by atoms with Gasteiger partial charge in [-0.2, -0.15) is 0 Å². The molecule has 0 aliphatic heterocycles. The van der Waals surface area contributed by atoms with Gasteiger partial charge in [0.1, 0.15) is 17.4 Å². The van der Waals surface area contributed by atoms with Gasteiger partial charge in [0.2, 0.25) is 0 Å². The fourth-order valence-corrected chi connectivity index (χ4v) is 1.95. The first-order valence-corrected chi connectivity index (χ1v) is 6.07. The van der Waals surface area contributed by atoms with Crippen LogP contribution in [0.15, 0.2) is 40.9 Å². The standard InChI is InChI=1S/C13H6BrF5O/c14-9-5-6-10(15)11(12(9)16)7-1-3-8(4-2-7)20-13(17,18)19/h1-6H. The third-order valence-corrected chi connectivity index (χ3v) is 3.03. The molecule has 0 saturated heterocycles. The molecule has 0 bridgehead atoms. The maximum atomic E-state index is 13.8. The van der Waals surface area contributed by atoms with Crippen molar-refractivity contribution in [1.82, 2.24) is 0 Å². The van der Waals surface area contributed by atoms with E-state index < -0.39 is 23.7 Å². The van der Waals surface area contributed by atoms with Crippen molar-refractivity contribution in [2.24, 2.45) is 0 Å². The molecule has 20 heavy (non-hydrogen) atoms. The Kier molecular flexibility index (Phi) is 3.99. The average Bonchev–Trinajstić information content (AvgIpc) is 2.35. The molecule has 0 amide bonds. The quantitative estimate of drug-likeness (QED) is 0.526. The molecule has 0 radical (unpaired) electrons. The summed E-state index contributed by atoms with van der Waals surface area (Å²) in [4.78, 5) is 0. The summed E-state index contributed by atoms with van der Waals surface area (Å²) >= 11 is 2.92. The van der Waals surface area contributed by atoms with Crippen LogP contribution in [0.5, 0.6) is 5.75 Å². The highest BCUT2D eigenvalue weighted by Gasteiger charge is 2.31. The summed E-state index contributed by atoms with van der Waals surface area (Å²) in [5.41, 5.74) is -0.214. The molecular formula is C13H6BrF5O. The minimum absolute atomic E-state index is 0.0597. The average molecular weight is 353 g/mol. The van der Waals surface area contributed by atoms with Crippen molar-refractivity contribution < 1.29 is 26.7 Å². The summed E-state index contributed by atoms with van der Waals surface area (Å²) in [6.07, 6.45) is -4.81. The Morgan fingerprint density at radius 3 is 2.05 bits per heavy atom. The van der Waals surface area contributed by atoms with Crippen LogP contribution in [0, 0.1) is 11.6 Å². The highest BCUT2D eigenvalue weighted by molar-refractivity contribution is 9.10. The van der Waals surface area contributed by atoms with Gasteiger partial charge in [-0.15, -0.1) is 13.2 Å². The maximum absolute atomic E-state index is 13.8. The van der Waals surface area contributed by atoms with Gasteiger partial charge in [0, 0.05) is 0 Å². The van der Waals surface area contributed by atoms with Crippen molar-refractivity contribution in [1.29, 1.82) is 0 Å². The van der Waals surface area contributed by atoms with Crippen LogP contribution >= 0.6 is 15.9 Å². The van der Waals surface area contributed by atoms with E-state index in [1.807, 2.05) is 0 Å². The topological polar surface area (TPSA) is 9.23 Å². The number of hydrogen-bond acceptors (Lipinski definition) is 1. The van der Waals surface area contributed by atoms with E-state index in [4.69, 9.17) is 0 Å². The Morgan fingerprint density at radius 2 is 1.50 bits per heavy atom. The first-order valence-electron chi connectivity index (χ1n) is 5.27. The van der Waals surface area contributed by atoms with E-state index >= 15 is 0 Å². The van der Waals surface area contributed by atoms with Crippen molar-refractivity contribution in [3.05, 3.63) is 52.5 Å². The van der Waals surface area contributed by atoms with E-state index in [2.05, 4.69) is 20.7 Å². The summed E-state index contributed by atoms with van der Waals surface area (Å²) in [6, 6.07) is 6.53. The molecular weight excluding hydrogens is 347 g/mol. The van der Waals surface area contributed by atoms with E-state index in [9.17, 15) is 22.0 Å². The molecule has 0 spiro atoms. The SMILES string of the molecule is Fc1ccc(Br)c(F)c1-c1ccc(OC(F)(F)F)cc1. The normalized spacial score (nSPS) is 11.5. The Bertz CT molecular complexity index is 622. The van der Waals surface area contributed by atoms with Gasteiger partial charge < -0.3 is 4.74 Å². The van der Waals surface area contributed by atoms with Crippen molar-refractivity contribution >= 4 is 15.9 Å². The lowest BCUT2D eigenvalue weighted by Gasteiger charge is -2.10. The Hall–Kier alpha value is -1.63. The first kappa shape index (κ1) is 14.8. The molecule has 0 aliphatic rings. The summed E-state index contributed by atoms with van der Waals surface area (Å²) in [7, 11) is 0. The van der Waals surface area contributed by atoms with E-state index in [0.29, 0.717) is 0 Å². The van der Waals surface area contributed by atoms with Gasteiger partial charge in [-0.05, 0) is 45.8 Å². The summed E-state index contributed by atoms with van der Waals surface area (Å²) < 4.78 is 67.2. The summed E-state index contributed by atoms with van der Waals surface area (Å²) in [6.45, 7) is 0.